The molecule has 3 amide bonds. The second-order valence-corrected chi connectivity index (χ2v) is 7.92. The lowest BCUT2D eigenvalue weighted by Gasteiger charge is -2.12. The maximum Gasteiger partial charge on any atom is 0.294 e. The fraction of sp³-hybridized carbons (Fsp3) is 0.136. The number of carbonyl (C=O) groups is 3. The van der Waals surface area contributed by atoms with E-state index >= 15 is 0 Å². The van der Waals surface area contributed by atoms with Crippen LogP contribution in [0.15, 0.2) is 53.6 Å². The second kappa shape index (κ2) is 8.73. The molecule has 1 saturated heterocycles. The third-order valence-electron chi connectivity index (χ3n) is 4.77. The molecule has 1 aliphatic heterocycles. The van der Waals surface area contributed by atoms with Crippen LogP contribution in [0.4, 0.5) is 13.6 Å². The van der Waals surface area contributed by atoms with Crippen LogP contribution in [-0.2, 0) is 16.0 Å². The van der Waals surface area contributed by atoms with Gasteiger partial charge in [0.2, 0.25) is 5.91 Å². The summed E-state index contributed by atoms with van der Waals surface area (Å²) in [6.45, 7) is -0.147. The monoisotopic (exact) mass is 441 g/mol. The first-order chi connectivity index (χ1) is 14.9. The lowest BCUT2D eigenvalue weighted by molar-refractivity contribution is -0.129. The molecule has 0 radical (unpaired) electrons. The van der Waals surface area contributed by atoms with Gasteiger partial charge in [0.05, 0.1) is 4.91 Å². The molecule has 9 heteroatoms. The molecule has 4 rings (SSSR count). The van der Waals surface area contributed by atoms with Gasteiger partial charge in [-0.15, -0.1) is 0 Å². The van der Waals surface area contributed by atoms with Crippen molar-refractivity contribution in [2.75, 3.05) is 13.1 Å². The predicted molar refractivity (Wildman–Crippen MR) is 114 cm³/mol. The van der Waals surface area contributed by atoms with Gasteiger partial charge in [-0.05, 0) is 65.7 Å². The minimum atomic E-state index is -0.596. The molecule has 1 aromatic heterocycles. The van der Waals surface area contributed by atoms with Gasteiger partial charge in [0.25, 0.3) is 11.1 Å². The highest BCUT2D eigenvalue weighted by molar-refractivity contribution is 8.18. The quantitative estimate of drug-likeness (QED) is 0.570. The molecule has 0 aliphatic carbocycles. The van der Waals surface area contributed by atoms with Gasteiger partial charge < -0.3 is 10.3 Å². The summed E-state index contributed by atoms with van der Waals surface area (Å²) < 4.78 is 26.8. The van der Waals surface area contributed by atoms with Crippen molar-refractivity contribution in [2.45, 2.75) is 6.42 Å². The highest BCUT2D eigenvalue weighted by atomic mass is 32.2. The minimum Gasteiger partial charge on any atom is -0.361 e. The van der Waals surface area contributed by atoms with Crippen LogP contribution in [0.5, 0.6) is 0 Å². The summed E-state index contributed by atoms with van der Waals surface area (Å²) >= 11 is 0.706. The number of halogens is 2. The van der Waals surface area contributed by atoms with Crippen LogP contribution >= 0.6 is 11.8 Å². The van der Waals surface area contributed by atoms with E-state index in [-0.39, 0.29) is 17.3 Å². The van der Waals surface area contributed by atoms with E-state index in [4.69, 9.17) is 0 Å². The second-order valence-electron chi connectivity index (χ2n) is 6.93. The van der Waals surface area contributed by atoms with Crippen LogP contribution in [0, 0.1) is 11.6 Å². The van der Waals surface area contributed by atoms with Gasteiger partial charge >= 0.3 is 0 Å². The Morgan fingerprint density at radius 3 is 2.74 bits per heavy atom. The Hall–Kier alpha value is -3.46. The van der Waals surface area contributed by atoms with Crippen molar-refractivity contribution in [2.24, 2.45) is 0 Å². The number of carbonyl (C=O) groups excluding carboxylic acids is 3. The Bertz CT molecular complexity index is 1220. The standard InChI is InChI=1S/C22H17F2N3O3S/c23-15-3-1-2-13(8-15)9-19-21(29)27(22(30)31-19)12-20(28)25-7-6-14-11-26-18-5-4-16(24)10-17(14)18/h1-5,8-11,26H,6-7,12H2,(H,25,28)/b19-9-. The number of nitrogens with one attached hydrogen (secondary N) is 2. The highest BCUT2D eigenvalue weighted by Crippen LogP contribution is 2.32. The van der Waals surface area contributed by atoms with Crippen LogP contribution in [-0.4, -0.2) is 40.0 Å². The Labute approximate surface area is 180 Å². The fourth-order valence-electron chi connectivity index (χ4n) is 3.28. The van der Waals surface area contributed by atoms with Crippen molar-refractivity contribution < 1.29 is 23.2 Å². The summed E-state index contributed by atoms with van der Waals surface area (Å²) in [7, 11) is 0. The van der Waals surface area contributed by atoms with E-state index in [1.165, 1.54) is 36.4 Å². The number of hydrogen-bond acceptors (Lipinski definition) is 4. The van der Waals surface area contributed by atoms with Crippen molar-refractivity contribution >= 4 is 45.8 Å². The maximum atomic E-state index is 13.5. The number of nitrogens with zero attached hydrogens (tertiary/aromatic N) is 1. The molecule has 2 N–H and O–H groups in total. The van der Waals surface area contributed by atoms with Crippen LogP contribution in [0.25, 0.3) is 17.0 Å². The molecule has 2 aromatic carbocycles. The zero-order valence-electron chi connectivity index (χ0n) is 16.2. The molecular formula is C22H17F2N3O3S. The Balaban J connectivity index is 1.34. The Kier molecular flexibility index (Phi) is 5.85. The number of fused-ring (bicyclic) bond motifs is 1. The molecule has 31 heavy (non-hydrogen) atoms. The molecule has 6 nitrogen and oxygen atoms in total. The zero-order valence-corrected chi connectivity index (χ0v) is 17.0. The summed E-state index contributed by atoms with van der Waals surface area (Å²) in [5.74, 6) is -1.88. The van der Waals surface area contributed by atoms with Gasteiger partial charge in [-0.2, -0.15) is 0 Å². The summed E-state index contributed by atoms with van der Waals surface area (Å²) in [6.07, 6.45) is 3.63. The lowest BCUT2D eigenvalue weighted by Crippen LogP contribution is -2.40. The summed E-state index contributed by atoms with van der Waals surface area (Å²) in [5.41, 5.74) is 2.09. The predicted octanol–water partition coefficient (Wildman–Crippen LogP) is 3.84. The normalized spacial score (nSPS) is 15.3. The van der Waals surface area contributed by atoms with Crippen LogP contribution in [0.3, 0.4) is 0 Å². The third kappa shape index (κ3) is 4.66. The van der Waals surface area contributed by atoms with E-state index in [1.54, 1.807) is 18.3 Å². The van der Waals surface area contributed by atoms with Crippen molar-refractivity contribution in [1.29, 1.82) is 0 Å². The number of aromatic amines is 1. The number of H-pyrrole nitrogens is 1. The van der Waals surface area contributed by atoms with Gasteiger partial charge in [0, 0.05) is 23.6 Å². The maximum absolute atomic E-state index is 13.5. The van der Waals surface area contributed by atoms with Gasteiger partial charge in [-0.3, -0.25) is 19.3 Å². The molecule has 0 unspecified atom stereocenters. The number of imide groups is 1. The number of aromatic nitrogens is 1. The van der Waals surface area contributed by atoms with Crippen molar-refractivity contribution in [3.8, 4) is 0 Å². The highest BCUT2D eigenvalue weighted by Gasteiger charge is 2.36. The van der Waals surface area contributed by atoms with E-state index < -0.39 is 29.4 Å². The van der Waals surface area contributed by atoms with Gasteiger partial charge in [-0.1, -0.05) is 12.1 Å². The van der Waals surface area contributed by atoms with Crippen molar-refractivity contribution in [3.63, 3.8) is 0 Å². The SMILES string of the molecule is O=C(CN1C(=O)S/C(=C\c2cccc(F)c2)C1=O)NCCc1c[nH]c2ccc(F)cc12. The third-order valence-corrected chi connectivity index (χ3v) is 5.68. The molecule has 158 valence electrons. The largest absolute Gasteiger partial charge is 0.361 e. The molecule has 0 bridgehead atoms. The van der Waals surface area contributed by atoms with E-state index in [0.717, 1.165) is 21.4 Å². The summed E-state index contributed by atoms with van der Waals surface area (Å²) in [6, 6.07) is 10.1. The topological polar surface area (TPSA) is 82.3 Å². The Morgan fingerprint density at radius 2 is 1.94 bits per heavy atom. The van der Waals surface area contributed by atoms with E-state index in [1.807, 2.05) is 0 Å². The number of thioether (sulfide) groups is 1. The zero-order chi connectivity index (χ0) is 22.0. The molecule has 0 spiro atoms. The minimum absolute atomic E-state index is 0.129. The molecule has 2 heterocycles. The number of rotatable bonds is 6. The number of amides is 3. The van der Waals surface area contributed by atoms with Crippen molar-refractivity contribution in [1.82, 2.24) is 15.2 Å². The Morgan fingerprint density at radius 1 is 1.13 bits per heavy atom. The van der Waals surface area contributed by atoms with Crippen LogP contribution in [0.1, 0.15) is 11.1 Å². The smallest absolute Gasteiger partial charge is 0.294 e. The van der Waals surface area contributed by atoms with Crippen molar-refractivity contribution in [3.05, 3.63) is 76.3 Å². The fourth-order valence-corrected chi connectivity index (χ4v) is 4.12. The first kappa shape index (κ1) is 20.8. The molecule has 1 fully saturated rings. The summed E-state index contributed by atoms with van der Waals surface area (Å²) in [5, 5.41) is 2.85. The average molecular weight is 441 g/mol. The number of hydrogen-bond donors (Lipinski definition) is 2. The van der Waals surface area contributed by atoms with Crippen LogP contribution < -0.4 is 5.32 Å². The van der Waals surface area contributed by atoms with Crippen LogP contribution in [0.2, 0.25) is 0 Å². The van der Waals surface area contributed by atoms with E-state index in [0.29, 0.717) is 23.7 Å². The lowest BCUT2D eigenvalue weighted by atomic mass is 10.1. The molecule has 1 aliphatic rings. The molecule has 0 saturated carbocycles. The van der Waals surface area contributed by atoms with Gasteiger partial charge in [0.15, 0.2) is 0 Å². The molecule has 0 atom stereocenters. The molecular weight excluding hydrogens is 424 g/mol. The average Bonchev–Trinajstić information content (AvgIpc) is 3.24. The van der Waals surface area contributed by atoms with E-state index in [9.17, 15) is 23.2 Å². The summed E-state index contributed by atoms with van der Waals surface area (Å²) in [4.78, 5) is 40.9. The number of benzene rings is 2. The molecule has 3 aromatic rings. The first-order valence-electron chi connectivity index (χ1n) is 9.44. The van der Waals surface area contributed by atoms with Gasteiger partial charge in [-0.25, -0.2) is 8.78 Å². The van der Waals surface area contributed by atoms with E-state index in [2.05, 4.69) is 10.3 Å². The first-order valence-corrected chi connectivity index (χ1v) is 10.3. The van der Waals surface area contributed by atoms with Gasteiger partial charge in [0.1, 0.15) is 18.2 Å².